The SMILES string of the molecule is CS(=O)(=O)c1nc(NCc2ncc(-c3ccccc3)[nH]2)n2ncc(Br)c2n1. The van der Waals surface area contributed by atoms with Gasteiger partial charge in [0, 0.05) is 6.26 Å². The molecule has 0 spiro atoms. The summed E-state index contributed by atoms with van der Waals surface area (Å²) in [6.45, 7) is 0.305. The molecule has 0 fully saturated rings. The van der Waals surface area contributed by atoms with Crippen LogP contribution in [0.2, 0.25) is 0 Å². The van der Waals surface area contributed by atoms with Gasteiger partial charge in [-0.3, -0.25) is 0 Å². The smallest absolute Gasteiger partial charge is 0.252 e. The van der Waals surface area contributed by atoms with Crippen molar-refractivity contribution in [2.24, 2.45) is 0 Å². The van der Waals surface area contributed by atoms with Crippen molar-refractivity contribution >= 4 is 37.4 Å². The van der Waals surface area contributed by atoms with Crippen molar-refractivity contribution in [2.45, 2.75) is 11.7 Å². The highest BCUT2D eigenvalue weighted by molar-refractivity contribution is 9.10. The number of aromatic amines is 1. The Morgan fingerprint density at radius 3 is 2.70 bits per heavy atom. The van der Waals surface area contributed by atoms with Gasteiger partial charge in [-0.2, -0.15) is 19.6 Å². The number of benzene rings is 1. The largest absolute Gasteiger partial charge is 0.347 e. The molecular weight excluding hydrogens is 434 g/mol. The second-order valence-electron chi connectivity index (χ2n) is 5.79. The van der Waals surface area contributed by atoms with Crippen molar-refractivity contribution in [1.29, 1.82) is 0 Å². The molecule has 0 amide bonds. The lowest BCUT2D eigenvalue weighted by atomic mass is 10.2. The minimum Gasteiger partial charge on any atom is -0.347 e. The molecule has 0 aliphatic rings. The van der Waals surface area contributed by atoms with Crippen molar-refractivity contribution in [3.63, 3.8) is 0 Å². The van der Waals surface area contributed by atoms with Crippen LogP contribution >= 0.6 is 15.9 Å². The van der Waals surface area contributed by atoms with E-state index in [9.17, 15) is 8.42 Å². The monoisotopic (exact) mass is 447 g/mol. The molecule has 9 nitrogen and oxygen atoms in total. The maximum atomic E-state index is 11.9. The van der Waals surface area contributed by atoms with Gasteiger partial charge in [-0.25, -0.2) is 13.4 Å². The van der Waals surface area contributed by atoms with E-state index in [2.05, 4.69) is 46.3 Å². The Labute approximate surface area is 162 Å². The number of nitrogens with one attached hydrogen (secondary N) is 2. The second-order valence-corrected chi connectivity index (χ2v) is 8.56. The first-order chi connectivity index (χ1) is 12.9. The van der Waals surface area contributed by atoms with Gasteiger partial charge < -0.3 is 10.3 Å². The van der Waals surface area contributed by atoms with E-state index in [-0.39, 0.29) is 11.1 Å². The number of hydrogen-bond acceptors (Lipinski definition) is 7. The number of anilines is 1. The van der Waals surface area contributed by atoms with Crippen LogP contribution in [0.15, 0.2) is 52.4 Å². The van der Waals surface area contributed by atoms with Crippen molar-refractivity contribution in [3.8, 4) is 11.3 Å². The topological polar surface area (TPSA) is 118 Å². The van der Waals surface area contributed by atoms with Crippen LogP contribution in [-0.4, -0.2) is 44.2 Å². The fourth-order valence-corrected chi connectivity index (χ4v) is 3.34. The molecule has 2 N–H and O–H groups in total. The zero-order chi connectivity index (χ0) is 19.0. The third-order valence-corrected chi connectivity index (χ3v) is 5.17. The van der Waals surface area contributed by atoms with Crippen LogP contribution in [0, 0.1) is 0 Å². The number of H-pyrrole nitrogens is 1. The van der Waals surface area contributed by atoms with E-state index >= 15 is 0 Å². The highest BCUT2D eigenvalue weighted by Crippen LogP contribution is 2.20. The Kier molecular flexibility index (Phi) is 4.40. The Bertz CT molecular complexity index is 1220. The van der Waals surface area contributed by atoms with E-state index in [4.69, 9.17) is 0 Å². The molecule has 4 rings (SSSR count). The summed E-state index contributed by atoms with van der Waals surface area (Å²) in [7, 11) is -3.57. The molecular formula is C16H14BrN7O2S. The van der Waals surface area contributed by atoms with E-state index in [0.29, 0.717) is 22.5 Å². The minimum absolute atomic E-state index is 0.254. The molecule has 0 atom stereocenters. The van der Waals surface area contributed by atoms with Gasteiger partial charge in [0.15, 0.2) is 5.65 Å². The van der Waals surface area contributed by atoms with Crippen molar-refractivity contribution in [3.05, 3.63) is 53.0 Å². The molecule has 0 aliphatic carbocycles. The molecule has 0 saturated heterocycles. The highest BCUT2D eigenvalue weighted by Gasteiger charge is 2.18. The van der Waals surface area contributed by atoms with E-state index in [0.717, 1.165) is 17.5 Å². The van der Waals surface area contributed by atoms with E-state index in [1.54, 1.807) is 6.20 Å². The molecule has 0 unspecified atom stereocenters. The number of nitrogens with zero attached hydrogens (tertiary/aromatic N) is 5. The Morgan fingerprint density at radius 2 is 1.96 bits per heavy atom. The number of hydrogen-bond donors (Lipinski definition) is 2. The summed E-state index contributed by atoms with van der Waals surface area (Å²) in [5.74, 6) is 0.927. The number of rotatable bonds is 5. The standard InChI is InChI=1S/C16H14BrN7O2S/c1-27(25,26)16-22-14-11(17)7-20-24(14)15(23-16)19-9-13-18-8-12(21-13)10-5-3-2-4-6-10/h2-8H,9H2,1H3,(H,18,21)(H,19,22,23). The molecule has 11 heteroatoms. The highest BCUT2D eigenvalue weighted by atomic mass is 79.9. The van der Waals surface area contributed by atoms with E-state index in [1.165, 1.54) is 10.7 Å². The lowest BCUT2D eigenvalue weighted by Gasteiger charge is -2.07. The summed E-state index contributed by atoms with van der Waals surface area (Å²) >= 11 is 3.31. The van der Waals surface area contributed by atoms with Gasteiger partial charge in [0.2, 0.25) is 15.8 Å². The molecule has 3 aromatic heterocycles. The molecule has 0 aliphatic heterocycles. The van der Waals surface area contributed by atoms with Gasteiger partial charge in [0.05, 0.1) is 29.1 Å². The van der Waals surface area contributed by atoms with Gasteiger partial charge in [-0.1, -0.05) is 30.3 Å². The number of fused-ring (bicyclic) bond motifs is 1. The van der Waals surface area contributed by atoms with Gasteiger partial charge in [-0.15, -0.1) is 0 Å². The third-order valence-electron chi connectivity index (χ3n) is 3.76. The molecule has 3 heterocycles. The van der Waals surface area contributed by atoms with Gasteiger partial charge in [0.25, 0.3) is 5.16 Å². The van der Waals surface area contributed by atoms with Crippen LogP contribution in [0.5, 0.6) is 0 Å². The van der Waals surface area contributed by atoms with Crippen LogP contribution in [0.4, 0.5) is 5.95 Å². The molecule has 0 saturated carbocycles. The van der Waals surface area contributed by atoms with Crippen molar-refractivity contribution in [2.75, 3.05) is 11.6 Å². The third kappa shape index (κ3) is 3.55. The van der Waals surface area contributed by atoms with Crippen LogP contribution in [0.25, 0.3) is 16.9 Å². The van der Waals surface area contributed by atoms with Gasteiger partial charge >= 0.3 is 0 Å². The van der Waals surface area contributed by atoms with Gasteiger partial charge in [0.1, 0.15) is 5.82 Å². The average molecular weight is 448 g/mol. The normalized spacial score (nSPS) is 11.8. The molecule has 0 bridgehead atoms. The van der Waals surface area contributed by atoms with Gasteiger partial charge in [-0.05, 0) is 21.5 Å². The Hall–Kier alpha value is -2.79. The fraction of sp³-hybridized carbons (Fsp3) is 0.125. The summed E-state index contributed by atoms with van der Waals surface area (Å²) in [5, 5.41) is 6.95. The first-order valence-corrected chi connectivity index (χ1v) is 10.5. The minimum atomic E-state index is -3.57. The van der Waals surface area contributed by atoms with Crippen LogP contribution in [-0.2, 0) is 16.4 Å². The second kappa shape index (κ2) is 6.74. The maximum absolute atomic E-state index is 11.9. The lowest BCUT2D eigenvalue weighted by Crippen LogP contribution is -2.13. The molecule has 138 valence electrons. The molecule has 0 radical (unpaired) electrons. The van der Waals surface area contributed by atoms with E-state index in [1.807, 2.05) is 30.3 Å². The Morgan fingerprint density at radius 1 is 1.19 bits per heavy atom. The van der Waals surface area contributed by atoms with Crippen molar-refractivity contribution < 1.29 is 8.42 Å². The first kappa shape index (κ1) is 17.6. The zero-order valence-corrected chi connectivity index (χ0v) is 16.5. The lowest BCUT2D eigenvalue weighted by molar-refractivity contribution is 0.592. The number of sulfone groups is 1. The quantitative estimate of drug-likeness (QED) is 0.481. The predicted octanol–water partition coefficient (Wildman–Crippen LogP) is 2.29. The summed E-state index contributed by atoms with van der Waals surface area (Å²) < 4.78 is 25.8. The predicted molar refractivity (Wildman–Crippen MR) is 103 cm³/mol. The molecule has 1 aromatic carbocycles. The average Bonchev–Trinajstić information content (AvgIpc) is 3.27. The first-order valence-electron chi connectivity index (χ1n) is 7.86. The summed E-state index contributed by atoms with van der Waals surface area (Å²) in [4.78, 5) is 15.7. The van der Waals surface area contributed by atoms with E-state index < -0.39 is 9.84 Å². The number of halogens is 1. The zero-order valence-electron chi connectivity index (χ0n) is 14.1. The Balaban J connectivity index is 1.63. The summed E-state index contributed by atoms with van der Waals surface area (Å²) in [6.07, 6.45) is 4.33. The summed E-state index contributed by atoms with van der Waals surface area (Å²) in [5.41, 5.74) is 2.27. The maximum Gasteiger partial charge on any atom is 0.252 e. The number of imidazole rings is 1. The fourth-order valence-electron chi connectivity index (χ4n) is 2.49. The van der Waals surface area contributed by atoms with Crippen LogP contribution in [0.1, 0.15) is 5.82 Å². The van der Waals surface area contributed by atoms with Crippen molar-refractivity contribution in [1.82, 2.24) is 29.5 Å². The van der Waals surface area contributed by atoms with Crippen LogP contribution in [0.3, 0.4) is 0 Å². The van der Waals surface area contributed by atoms with Crippen LogP contribution < -0.4 is 5.32 Å². The summed E-state index contributed by atoms with van der Waals surface area (Å²) in [6, 6.07) is 9.82. The molecule has 4 aromatic rings. The number of aromatic nitrogens is 6. The molecule has 27 heavy (non-hydrogen) atoms.